The molecule has 0 saturated carbocycles. The Balaban J connectivity index is 1.73. The quantitative estimate of drug-likeness (QED) is 0.806. The van der Waals surface area contributed by atoms with Crippen LogP contribution in [-0.4, -0.2) is 13.2 Å². The largest absolute Gasteiger partial charge is 0.492 e. The van der Waals surface area contributed by atoms with E-state index in [1.807, 2.05) is 12.1 Å². The fraction of sp³-hybridized carbons (Fsp3) is 0.333. The molecule has 0 aliphatic carbocycles. The molecule has 0 saturated heterocycles. The summed E-state index contributed by atoms with van der Waals surface area (Å²) in [4.78, 5) is 0. The van der Waals surface area contributed by atoms with Crippen molar-refractivity contribution in [2.75, 3.05) is 13.2 Å². The Bertz CT molecular complexity index is 563. The van der Waals surface area contributed by atoms with E-state index in [1.165, 1.54) is 22.3 Å². The first-order valence-electron chi connectivity index (χ1n) is 7.11. The monoisotopic (exact) mass is 269 g/mol. The summed E-state index contributed by atoms with van der Waals surface area (Å²) in [6, 6.07) is 14.7. The number of benzene rings is 2. The molecule has 0 spiro atoms. The molecular weight excluding hydrogens is 246 g/mol. The Morgan fingerprint density at radius 1 is 0.950 bits per heavy atom. The second-order valence-electron chi connectivity index (χ2n) is 5.27. The SMILES string of the molecule is Cc1cccc(OCCNCc2cc(C)ccc2C)c1. The summed E-state index contributed by atoms with van der Waals surface area (Å²) < 4.78 is 5.72. The van der Waals surface area contributed by atoms with Gasteiger partial charge in [0, 0.05) is 13.1 Å². The zero-order valence-electron chi connectivity index (χ0n) is 12.6. The molecule has 0 fully saturated rings. The smallest absolute Gasteiger partial charge is 0.119 e. The lowest BCUT2D eigenvalue weighted by molar-refractivity contribution is 0.313. The number of hydrogen-bond donors (Lipinski definition) is 1. The molecule has 0 heterocycles. The van der Waals surface area contributed by atoms with Gasteiger partial charge in [0.2, 0.25) is 0 Å². The van der Waals surface area contributed by atoms with E-state index in [0.29, 0.717) is 6.61 Å². The molecule has 2 heteroatoms. The maximum Gasteiger partial charge on any atom is 0.119 e. The molecular formula is C18H23NO. The predicted octanol–water partition coefficient (Wildman–Crippen LogP) is 3.78. The molecule has 0 aromatic heterocycles. The molecule has 0 unspecified atom stereocenters. The number of hydrogen-bond acceptors (Lipinski definition) is 2. The van der Waals surface area contributed by atoms with Crippen LogP contribution in [0, 0.1) is 20.8 Å². The summed E-state index contributed by atoms with van der Waals surface area (Å²) in [5, 5.41) is 3.43. The zero-order chi connectivity index (χ0) is 14.4. The van der Waals surface area contributed by atoms with Crippen molar-refractivity contribution in [3.05, 3.63) is 64.7 Å². The van der Waals surface area contributed by atoms with Crippen LogP contribution in [0.25, 0.3) is 0 Å². The van der Waals surface area contributed by atoms with Crippen molar-refractivity contribution in [3.8, 4) is 5.75 Å². The second kappa shape index (κ2) is 7.11. The van der Waals surface area contributed by atoms with Gasteiger partial charge in [0.05, 0.1) is 0 Å². The van der Waals surface area contributed by atoms with Crippen molar-refractivity contribution in [1.82, 2.24) is 5.32 Å². The topological polar surface area (TPSA) is 21.3 Å². The molecule has 20 heavy (non-hydrogen) atoms. The van der Waals surface area contributed by atoms with Crippen LogP contribution in [0.15, 0.2) is 42.5 Å². The molecule has 0 aliphatic rings. The molecule has 2 nitrogen and oxygen atoms in total. The van der Waals surface area contributed by atoms with Crippen LogP contribution in [-0.2, 0) is 6.54 Å². The molecule has 0 radical (unpaired) electrons. The Hall–Kier alpha value is -1.80. The molecule has 106 valence electrons. The number of aryl methyl sites for hydroxylation is 3. The summed E-state index contributed by atoms with van der Waals surface area (Å²) in [6.45, 7) is 8.79. The van der Waals surface area contributed by atoms with Crippen molar-refractivity contribution >= 4 is 0 Å². The molecule has 0 aliphatic heterocycles. The molecule has 0 bridgehead atoms. The van der Waals surface area contributed by atoms with Gasteiger partial charge < -0.3 is 10.1 Å². The summed E-state index contributed by atoms with van der Waals surface area (Å²) in [5.41, 5.74) is 5.23. The Morgan fingerprint density at radius 3 is 2.55 bits per heavy atom. The maximum atomic E-state index is 5.72. The number of nitrogens with one attached hydrogen (secondary N) is 1. The van der Waals surface area contributed by atoms with E-state index in [2.05, 4.69) is 56.4 Å². The normalized spacial score (nSPS) is 10.6. The Labute approximate surface area is 121 Å². The lowest BCUT2D eigenvalue weighted by Crippen LogP contribution is -2.21. The van der Waals surface area contributed by atoms with E-state index in [9.17, 15) is 0 Å². The maximum absolute atomic E-state index is 5.72. The first-order valence-corrected chi connectivity index (χ1v) is 7.11. The summed E-state index contributed by atoms with van der Waals surface area (Å²) in [7, 11) is 0. The van der Waals surface area contributed by atoms with Gasteiger partial charge in [-0.2, -0.15) is 0 Å². The highest BCUT2D eigenvalue weighted by atomic mass is 16.5. The second-order valence-corrected chi connectivity index (χ2v) is 5.27. The molecule has 2 aromatic carbocycles. The van der Waals surface area contributed by atoms with Crippen LogP contribution < -0.4 is 10.1 Å². The van der Waals surface area contributed by atoms with Crippen molar-refractivity contribution in [2.45, 2.75) is 27.3 Å². The summed E-state index contributed by atoms with van der Waals surface area (Å²) >= 11 is 0. The van der Waals surface area contributed by atoms with Gasteiger partial charge in [-0.25, -0.2) is 0 Å². The standard InChI is InChI=1S/C18H23NO/c1-14-5-4-6-18(12-14)20-10-9-19-13-17-11-15(2)7-8-16(17)3/h4-8,11-12,19H,9-10,13H2,1-3H3. The van der Waals surface area contributed by atoms with Crippen molar-refractivity contribution in [2.24, 2.45) is 0 Å². The number of ether oxygens (including phenoxy) is 1. The molecule has 0 atom stereocenters. The number of rotatable bonds is 6. The zero-order valence-corrected chi connectivity index (χ0v) is 12.6. The van der Waals surface area contributed by atoms with Crippen LogP contribution in [0.5, 0.6) is 5.75 Å². The van der Waals surface area contributed by atoms with Crippen LogP contribution in [0.4, 0.5) is 0 Å². The predicted molar refractivity (Wildman–Crippen MR) is 84.3 cm³/mol. The van der Waals surface area contributed by atoms with Gasteiger partial charge in [-0.3, -0.25) is 0 Å². The fourth-order valence-electron chi connectivity index (χ4n) is 2.16. The van der Waals surface area contributed by atoms with E-state index in [0.717, 1.165) is 18.8 Å². The highest BCUT2D eigenvalue weighted by molar-refractivity contribution is 5.30. The van der Waals surface area contributed by atoms with Crippen LogP contribution >= 0.6 is 0 Å². The third kappa shape index (κ3) is 4.39. The third-order valence-corrected chi connectivity index (χ3v) is 3.36. The van der Waals surface area contributed by atoms with E-state index in [4.69, 9.17) is 4.74 Å². The third-order valence-electron chi connectivity index (χ3n) is 3.36. The van der Waals surface area contributed by atoms with Crippen molar-refractivity contribution in [3.63, 3.8) is 0 Å². The average Bonchev–Trinajstić information content (AvgIpc) is 2.42. The van der Waals surface area contributed by atoms with Gasteiger partial charge in [0.1, 0.15) is 12.4 Å². The minimum atomic E-state index is 0.689. The van der Waals surface area contributed by atoms with Gasteiger partial charge in [0.15, 0.2) is 0 Å². The van der Waals surface area contributed by atoms with Gasteiger partial charge in [-0.1, -0.05) is 35.9 Å². The molecule has 2 aromatic rings. The van der Waals surface area contributed by atoms with E-state index < -0.39 is 0 Å². The average molecular weight is 269 g/mol. The summed E-state index contributed by atoms with van der Waals surface area (Å²) in [5.74, 6) is 0.943. The van der Waals surface area contributed by atoms with E-state index in [-0.39, 0.29) is 0 Å². The van der Waals surface area contributed by atoms with Crippen molar-refractivity contribution < 1.29 is 4.74 Å². The first kappa shape index (κ1) is 14.6. The minimum Gasteiger partial charge on any atom is -0.492 e. The van der Waals surface area contributed by atoms with Crippen LogP contribution in [0.2, 0.25) is 0 Å². The highest BCUT2D eigenvalue weighted by Gasteiger charge is 1.99. The molecule has 2 rings (SSSR count). The Kier molecular flexibility index (Phi) is 5.19. The van der Waals surface area contributed by atoms with E-state index >= 15 is 0 Å². The molecule has 0 amide bonds. The van der Waals surface area contributed by atoms with Gasteiger partial charge in [-0.05, 0) is 49.6 Å². The van der Waals surface area contributed by atoms with E-state index in [1.54, 1.807) is 0 Å². The van der Waals surface area contributed by atoms with Crippen LogP contribution in [0.3, 0.4) is 0 Å². The van der Waals surface area contributed by atoms with Gasteiger partial charge in [-0.15, -0.1) is 0 Å². The fourth-order valence-corrected chi connectivity index (χ4v) is 2.16. The lowest BCUT2D eigenvalue weighted by Gasteiger charge is -2.10. The summed E-state index contributed by atoms with van der Waals surface area (Å²) in [6.07, 6.45) is 0. The first-order chi connectivity index (χ1) is 9.65. The van der Waals surface area contributed by atoms with Gasteiger partial charge in [0.25, 0.3) is 0 Å². The molecule has 1 N–H and O–H groups in total. The Morgan fingerprint density at radius 2 is 1.75 bits per heavy atom. The minimum absolute atomic E-state index is 0.689. The van der Waals surface area contributed by atoms with Crippen molar-refractivity contribution in [1.29, 1.82) is 0 Å². The van der Waals surface area contributed by atoms with Crippen LogP contribution in [0.1, 0.15) is 22.3 Å². The van der Waals surface area contributed by atoms with Gasteiger partial charge >= 0.3 is 0 Å². The highest BCUT2D eigenvalue weighted by Crippen LogP contribution is 2.12. The lowest BCUT2D eigenvalue weighted by atomic mass is 10.1.